The molecular weight excluding hydrogens is 270 g/mol. The molecule has 6 heteroatoms. The van der Waals surface area contributed by atoms with E-state index in [0.717, 1.165) is 17.6 Å². The molecule has 1 aromatic heterocycles. The Bertz CT molecular complexity index is 603. The fourth-order valence-corrected chi connectivity index (χ4v) is 2.54. The molecule has 0 atom stereocenters. The summed E-state index contributed by atoms with van der Waals surface area (Å²) in [6.45, 7) is 0. The number of rotatable bonds is 3. The summed E-state index contributed by atoms with van der Waals surface area (Å²) in [6.07, 6.45) is 2.90. The Labute approximate surface area is 112 Å². The van der Waals surface area contributed by atoms with Gasteiger partial charge in [-0.2, -0.15) is 0 Å². The molecule has 1 saturated carbocycles. The molecule has 1 aromatic carbocycles. The second-order valence-corrected chi connectivity index (χ2v) is 5.40. The lowest BCUT2D eigenvalue weighted by atomic mass is 10.0. The zero-order chi connectivity index (χ0) is 13.5. The maximum absolute atomic E-state index is 13.2. The van der Waals surface area contributed by atoms with Crippen molar-refractivity contribution in [3.05, 3.63) is 52.5 Å². The number of carbonyl (C=O) groups is 1. The van der Waals surface area contributed by atoms with Crippen molar-refractivity contribution < 1.29 is 13.6 Å². The summed E-state index contributed by atoms with van der Waals surface area (Å²) in [5.74, 6) is -1.52. The fourth-order valence-electron chi connectivity index (χ4n) is 2.05. The Morgan fingerprint density at radius 2 is 1.95 bits per heavy atom. The second kappa shape index (κ2) is 4.38. The smallest absolute Gasteiger partial charge is 0.263 e. The van der Waals surface area contributed by atoms with Crippen molar-refractivity contribution in [2.75, 3.05) is 0 Å². The maximum atomic E-state index is 13.2. The molecule has 0 spiro atoms. The van der Waals surface area contributed by atoms with Crippen LogP contribution >= 0.6 is 11.5 Å². The van der Waals surface area contributed by atoms with Gasteiger partial charge in [0.05, 0.1) is 5.54 Å². The summed E-state index contributed by atoms with van der Waals surface area (Å²) in [6, 6.07) is 4.97. The van der Waals surface area contributed by atoms with Gasteiger partial charge in [-0.3, -0.25) is 4.79 Å². The van der Waals surface area contributed by atoms with Gasteiger partial charge < -0.3 is 5.32 Å². The van der Waals surface area contributed by atoms with E-state index in [-0.39, 0.29) is 5.91 Å². The van der Waals surface area contributed by atoms with E-state index in [1.165, 1.54) is 12.1 Å². The van der Waals surface area contributed by atoms with Crippen LogP contribution in [0.25, 0.3) is 0 Å². The molecule has 1 aliphatic rings. The van der Waals surface area contributed by atoms with Crippen LogP contribution in [0.15, 0.2) is 30.5 Å². The molecule has 0 saturated heterocycles. The molecule has 0 radical (unpaired) electrons. The fraction of sp³-hybridized carbons (Fsp3) is 0.231. The van der Waals surface area contributed by atoms with Crippen molar-refractivity contribution in [1.29, 1.82) is 0 Å². The van der Waals surface area contributed by atoms with Gasteiger partial charge in [-0.25, -0.2) is 13.2 Å². The predicted octanol–water partition coefficient (Wildman–Crippen LogP) is 2.84. The average molecular weight is 280 g/mol. The summed E-state index contributed by atoms with van der Waals surface area (Å²) in [5.41, 5.74) is -0.160. The van der Waals surface area contributed by atoms with Crippen molar-refractivity contribution in [2.24, 2.45) is 0 Å². The summed E-state index contributed by atoms with van der Waals surface area (Å²) < 4.78 is 30.3. The highest BCUT2D eigenvalue weighted by atomic mass is 32.1. The van der Waals surface area contributed by atoms with Gasteiger partial charge in [0, 0.05) is 12.3 Å². The molecule has 1 aliphatic carbocycles. The van der Waals surface area contributed by atoms with E-state index in [1.807, 2.05) is 0 Å². The van der Waals surface area contributed by atoms with Crippen molar-refractivity contribution in [1.82, 2.24) is 9.69 Å². The van der Waals surface area contributed by atoms with Crippen LogP contribution in [-0.2, 0) is 5.54 Å². The zero-order valence-corrected chi connectivity index (χ0v) is 10.6. The van der Waals surface area contributed by atoms with Crippen LogP contribution in [0.2, 0.25) is 0 Å². The molecule has 1 fully saturated rings. The van der Waals surface area contributed by atoms with E-state index < -0.39 is 17.2 Å². The van der Waals surface area contributed by atoms with Gasteiger partial charge in [0.2, 0.25) is 0 Å². The number of hydrogen-bond donors (Lipinski definition) is 1. The van der Waals surface area contributed by atoms with Gasteiger partial charge in [-0.05, 0) is 48.1 Å². The molecule has 3 rings (SSSR count). The summed E-state index contributed by atoms with van der Waals surface area (Å²) in [4.78, 5) is 12.5. The first kappa shape index (κ1) is 12.2. The number of benzene rings is 1. The highest BCUT2D eigenvalue weighted by Crippen LogP contribution is 2.46. The van der Waals surface area contributed by atoms with Crippen molar-refractivity contribution in [3.63, 3.8) is 0 Å². The van der Waals surface area contributed by atoms with Gasteiger partial charge in [-0.15, -0.1) is 0 Å². The van der Waals surface area contributed by atoms with Crippen LogP contribution < -0.4 is 5.32 Å². The lowest BCUT2D eigenvalue weighted by Gasteiger charge is -2.17. The van der Waals surface area contributed by atoms with Gasteiger partial charge in [0.1, 0.15) is 16.5 Å². The average Bonchev–Trinajstić information content (AvgIpc) is 2.92. The van der Waals surface area contributed by atoms with Crippen LogP contribution in [0.3, 0.4) is 0 Å². The first-order valence-electron chi connectivity index (χ1n) is 5.79. The van der Waals surface area contributed by atoms with E-state index in [1.54, 1.807) is 12.3 Å². The number of aromatic nitrogens is 1. The van der Waals surface area contributed by atoms with Crippen molar-refractivity contribution >= 4 is 17.4 Å². The topological polar surface area (TPSA) is 42.0 Å². The third-order valence-electron chi connectivity index (χ3n) is 3.18. The Morgan fingerprint density at radius 3 is 2.47 bits per heavy atom. The molecule has 1 N–H and O–H groups in total. The van der Waals surface area contributed by atoms with Crippen LogP contribution in [0.1, 0.15) is 28.1 Å². The van der Waals surface area contributed by atoms with Gasteiger partial charge >= 0.3 is 0 Å². The quantitative estimate of drug-likeness (QED) is 0.939. The number of amides is 1. The summed E-state index contributed by atoms with van der Waals surface area (Å²) in [7, 11) is 0. The second-order valence-electron chi connectivity index (χ2n) is 4.57. The number of halogens is 2. The third-order valence-corrected chi connectivity index (χ3v) is 3.92. The molecule has 98 valence electrons. The van der Waals surface area contributed by atoms with E-state index in [9.17, 15) is 13.6 Å². The Hall–Kier alpha value is -1.82. The molecule has 2 aromatic rings. The number of hydrogen-bond acceptors (Lipinski definition) is 3. The highest BCUT2D eigenvalue weighted by molar-refractivity contribution is 7.08. The first-order chi connectivity index (χ1) is 9.09. The SMILES string of the molecule is O=C(NC1(c2cc(F)cc(F)c2)CC1)c1ccns1. The summed E-state index contributed by atoms with van der Waals surface area (Å²) >= 11 is 1.09. The Morgan fingerprint density at radius 1 is 1.26 bits per heavy atom. The van der Waals surface area contributed by atoms with Gasteiger partial charge in [0.15, 0.2) is 0 Å². The van der Waals surface area contributed by atoms with E-state index in [0.29, 0.717) is 23.3 Å². The standard InChI is InChI=1S/C13H10F2N2OS/c14-9-5-8(6-10(15)7-9)13(2-3-13)17-12(18)11-1-4-16-19-11/h1,4-7H,2-3H2,(H,17,18). The monoisotopic (exact) mass is 280 g/mol. The van der Waals surface area contributed by atoms with Crippen molar-refractivity contribution in [2.45, 2.75) is 18.4 Å². The predicted molar refractivity (Wildman–Crippen MR) is 66.9 cm³/mol. The molecule has 0 aliphatic heterocycles. The number of nitrogens with zero attached hydrogens (tertiary/aromatic N) is 1. The number of carbonyl (C=O) groups excluding carboxylic acids is 1. The van der Waals surface area contributed by atoms with E-state index in [4.69, 9.17) is 0 Å². The molecular formula is C13H10F2N2OS. The van der Waals surface area contributed by atoms with Crippen LogP contribution in [0, 0.1) is 11.6 Å². The largest absolute Gasteiger partial charge is 0.342 e. The third kappa shape index (κ3) is 2.35. The molecule has 3 nitrogen and oxygen atoms in total. The molecule has 19 heavy (non-hydrogen) atoms. The normalized spacial score (nSPS) is 16.1. The van der Waals surface area contributed by atoms with Crippen LogP contribution in [0.4, 0.5) is 8.78 Å². The van der Waals surface area contributed by atoms with Gasteiger partial charge in [-0.1, -0.05) is 0 Å². The van der Waals surface area contributed by atoms with E-state index in [2.05, 4.69) is 9.69 Å². The van der Waals surface area contributed by atoms with Gasteiger partial charge in [0.25, 0.3) is 5.91 Å². The Kier molecular flexibility index (Phi) is 2.82. The number of nitrogens with one attached hydrogen (secondary N) is 1. The lowest BCUT2D eigenvalue weighted by molar-refractivity contribution is 0.0934. The minimum absolute atomic E-state index is 0.260. The van der Waals surface area contributed by atoms with Crippen LogP contribution in [-0.4, -0.2) is 10.3 Å². The lowest BCUT2D eigenvalue weighted by Crippen LogP contribution is -2.34. The van der Waals surface area contributed by atoms with E-state index >= 15 is 0 Å². The van der Waals surface area contributed by atoms with Crippen molar-refractivity contribution in [3.8, 4) is 0 Å². The molecule has 0 bridgehead atoms. The zero-order valence-electron chi connectivity index (χ0n) is 9.82. The minimum atomic E-state index is -0.635. The van der Waals surface area contributed by atoms with Crippen LogP contribution in [0.5, 0.6) is 0 Å². The first-order valence-corrected chi connectivity index (χ1v) is 6.56. The summed E-state index contributed by atoms with van der Waals surface area (Å²) in [5, 5.41) is 2.84. The highest BCUT2D eigenvalue weighted by Gasteiger charge is 2.46. The Balaban J connectivity index is 1.85. The molecule has 1 heterocycles. The minimum Gasteiger partial charge on any atom is -0.342 e. The molecule has 1 amide bonds. The maximum Gasteiger partial charge on any atom is 0.263 e. The molecule has 0 unspecified atom stereocenters.